The number of hydrogen-bond acceptors (Lipinski definition) is 3. The lowest BCUT2D eigenvalue weighted by atomic mass is 10.3. The Morgan fingerprint density at radius 3 is 2.84 bits per heavy atom. The van der Waals surface area contributed by atoms with Crippen molar-refractivity contribution in [2.24, 2.45) is 0 Å². The lowest BCUT2D eigenvalue weighted by molar-refractivity contribution is 0.219. The molecule has 5 nitrogen and oxygen atoms in total. The monoisotopic (exact) mass is 279 g/mol. The van der Waals surface area contributed by atoms with Crippen LogP contribution in [0.3, 0.4) is 0 Å². The van der Waals surface area contributed by atoms with Crippen LogP contribution in [0.2, 0.25) is 5.02 Å². The van der Waals surface area contributed by atoms with E-state index < -0.39 is 0 Å². The van der Waals surface area contributed by atoms with Gasteiger partial charge in [0.1, 0.15) is 11.5 Å². The molecule has 0 radical (unpaired) electrons. The molecule has 0 aliphatic heterocycles. The van der Waals surface area contributed by atoms with Crippen molar-refractivity contribution in [1.29, 1.82) is 0 Å². The molecule has 0 saturated carbocycles. The second-order valence-electron chi connectivity index (χ2n) is 4.19. The molecule has 0 aliphatic rings. The van der Waals surface area contributed by atoms with Crippen LogP contribution in [0.25, 0.3) is 0 Å². The summed E-state index contributed by atoms with van der Waals surface area (Å²) in [7, 11) is 1.68. The van der Waals surface area contributed by atoms with E-state index in [-0.39, 0.29) is 6.03 Å². The third-order valence-electron chi connectivity index (χ3n) is 2.54. The maximum atomic E-state index is 12.0. The Bertz CT molecular complexity index is 583. The van der Waals surface area contributed by atoms with Crippen molar-refractivity contribution in [2.45, 2.75) is 13.5 Å². The topological polar surface area (TPSA) is 58.4 Å². The standard InChI is InChI=1S/C13H14ClN3O2/c1-9-7-10(16-19-9)8-17(2)13(18)15-12-6-4-3-5-11(12)14/h3-7H,8H2,1-2H3,(H,15,18). The van der Waals surface area contributed by atoms with Crippen LogP contribution >= 0.6 is 11.6 Å². The van der Waals surface area contributed by atoms with Crippen LogP contribution in [-0.4, -0.2) is 23.1 Å². The van der Waals surface area contributed by atoms with E-state index in [1.807, 2.05) is 6.07 Å². The molecule has 0 bridgehead atoms. The van der Waals surface area contributed by atoms with Crippen LogP contribution in [0.1, 0.15) is 11.5 Å². The molecule has 0 aliphatic carbocycles. The first-order chi connectivity index (χ1) is 9.06. The summed E-state index contributed by atoms with van der Waals surface area (Å²) in [6.07, 6.45) is 0. The average Bonchev–Trinajstić information content (AvgIpc) is 2.77. The number of aromatic nitrogens is 1. The number of nitrogens with zero attached hydrogens (tertiary/aromatic N) is 2. The molecule has 1 aromatic carbocycles. The highest BCUT2D eigenvalue weighted by molar-refractivity contribution is 6.33. The molecular formula is C13H14ClN3O2. The van der Waals surface area contributed by atoms with Gasteiger partial charge in [0.05, 0.1) is 17.3 Å². The van der Waals surface area contributed by atoms with E-state index in [2.05, 4.69) is 10.5 Å². The number of carbonyl (C=O) groups is 1. The van der Waals surface area contributed by atoms with Gasteiger partial charge in [0, 0.05) is 13.1 Å². The maximum absolute atomic E-state index is 12.0. The van der Waals surface area contributed by atoms with Crippen molar-refractivity contribution in [2.75, 3.05) is 12.4 Å². The van der Waals surface area contributed by atoms with Gasteiger partial charge in [-0.25, -0.2) is 4.79 Å². The minimum Gasteiger partial charge on any atom is -0.361 e. The van der Waals surface area contributed by atoms with Crippen molar-refractivity contribution in [1.82, 2.24) is 10.1 Å². The zero-order valence-corrected chi connectivity index (χ0v) is 11.4. The predicted octanol–water partition coefficient (Wildman–Crippen LogP) is 3.30. The smallest absolute Gasteiger partial charge is 0.321 e. The summed E-state index contributed by atoms with van der Waals surface area (Å²) in [6, 6.07) is 8.61. The number of rotatable bonds is 3. The van der Waals surface area contributed by atoms with Gasteiger partial charge in [-0.1, -0.05) is 28.9 Å². The summed E-state index contributed by atoms with van der Waals surface area (Å²) in [5, 5.41) is 7.08. The largest absolute Gasteiger partial charge is 0.361 e. The summed E-state index contributed by atoms with van der Waals surface area (Å²) in [4.78, 5) is 13.5. The zero-order valence-electron chi connectivity index (χ0n) is 10.7. The third kappa shape index (κ3) is 3.48. The quantitative estimate of drug-likeness (QED) is 0.938. The molecule has 0 saturated heterocycles. The number of aryl methyl sites for hydroxylation is 1. The van der Waals surface area contributed by atoms with Crippen LogP contribution < -0.4 is 5.32 Å². The second-order valence-corrected chi connectivity index (χ2v) is 4.60. The van der Waals surface area contributed by atoms with Gasteiger partial charge in [0.15, 0.2) is 0 Å². The van der Waals surface area contributed by atoms with Crippen LogP contribution in [0.15, 0.2) is 34.9 Å². The molecular weight excluding hydrogens is 266 g/mol. The summed E-state index contributed by atoms with van der Waals surface area (Å²) in [5.41, 5.74) is 1.28. The van der Waals surface area contributed by atoms with E-state index in [0.717, 1.165) is 5.76 Å². The minimum absolute atomic E-state index is 0.256. The van der Waals surface area contributed by atoms with Crippen molar-refractivity contribution in [3.63, 3.8) is 0 Å². The molecule has 2 amide bonds. The number of halogens is 1. The minimum atomic E-state index is -0.256. The predicted molar refractivity (Wildman–Crippen MR) is 73.2 cm³/mol. The molecule has 1 aromatic heterocycles. The number of anilines is 1. The first-order valence-corrected chi connectivity index (χ1v) is 6.13. The number of carbonyl (C=O) groups excluding carboxylic acids is 1. The molecule has 100 valence electrons. The highest BCUT2D eigenvalue weighted by atomic mass is 35.5. The van der Waals surface area contributed by atoms with E-state index in [1.165, 1.54) is 4.90 Å². The molecule has 1 N–H and O–H groups in total. The molecule has 0 spiro atoms. The van der Waals surface area contributed by atoms with Crippen LogP contribution in [-0.2, 0) is 6.54 Å². The maximum Gasteiger partial charge on any atom is 0.321 e. The van der Waals surface area contributed by atoms with Gasteiger partial charge in [-0.3, -0.25) is 0 Å². The number of nitrogens with one attached hydrogen (secondary N) is 1. The molecule has 0 fully saturated rings. The Kier molecular flexibility index (Phi) is 4.06. The van der Waals surface area contributed by atoms with Gasteiger partial charge in [0.2, 0.25) is 0 Å². The van der Waals surface area contributed by atoms with Crippen LogP contribution in [0.5, 0.6) is 0 Å². The van der Waals surface area contributed by atoms with E-state index in [1.54, 1.807) is 38.2 Å². The van der Waals surface area contributed by atoms with Gasteiger partial charge in [0.25, 0.3) is 0 Å². The molecule has 0 unspecified atom stereocenters. The van der Waals surface area contributed by atoms with Crippen molar-refractivity contribution in [3.8, 4) is 0 Å². The summed E-state index contributed by atoms with van der Waals surface area (Å²) in [6.45, 7) is 2.17. The fourth-order valence-corrected chi connectivity index (χ4v) is 1.76. The summed E-state index contributed by atoms with van der Waals surface area (Å²) in [5.74, 6) is 0.718. The van der Waals surface area contributed by atoms with E-state index in [0.29, 0.717) is 22.9 Å². The lowest BCUT2D eigenvalue weighted by Gasteiger charge is -2.17. The zero-order chi connectivity index (χ0) is 13.8. The molecule has 19 heavy (non-hydrogen) atoms. The Morgan fingerprint density at radius 1 is 1.47 bits per heavy atom. The SMILES string of the molecule is Cc1cc(CN(C)C(=O)Nc2ccccc2Cl)no1. The Hall–Kier alpha value is -2.01. The number of urea groups is 1. The summed E-state index contributed by atoms with van der Waals surface area (Å²) >= 11 is 5.98. The van der Waals surface area contributed by atoms with E-state index in [4.69, 9.17) is 16.1 Å². The second kappa shape index (κ2) is 5.75. The fourth-order valence-electron chi connectivity index (χ4n) is 1.58. The molecule has 2 aromatic rings. The van der Waals surface area contributed by atoms with E-state index >= 15 is 0 Å². The fraction of sp³-hybridized carbons (Fsp3) is 0.231. The Balaban J connectivity index is 1.98. The highest BCUT2D eigenvalue weighted by Crippen LogP contribution is 2.20. The Morgan fingerprint density at radius 2 is 2.21 bits per heavy atom. The number of para-hydroxylation sites is 1. The van der Waals surface area contributed by atoms with Crippen molar-refractivity contribution < 1.29 is 9.32 Å². The Labute approximate surface area is 116 Å². The van der Waals surface area contributed by atoms with Gasteiger partial charge >= 0.3 is 6.03 Å². The number of benzene rings is 1. The van der Waals surface area contributed by atoms with Gasteiger partial charge in [-0.2, -0.15) is 0 Å². The average molecular weight is 280 g/mol. The van der Waals surface area contributed by atoms with Gasteiger partial charge in [-0.15, -0.1) is 0 Å². The lowest BCUT2D eigenvalue weighted by Crippen LogP contribution is -2.31. The first-order valence-electron chi connectivity index (χ1n) is 5.75. The number of hydrogen-bond donors (Lipinski definition) is 1. The molecule has 2 rings (SSSR count). The highest BCUT2D eigenvalue weighted by Gasteiger charge is 2.12. The summed E-state index contributed by atoms with van der Waals surface area (Å²) < 4.78 is 4.95. The third-order valence-corrected chi connectivity index (χ3v) is 2.87. The van der Waals surface area contributed by atoms with Gasteiger partial charge < -0.3 is 14.7 Å². The normalized spacial score (nSPS) is 10.3. The first kappa shape index (κ1) is 13.4. The van der Waals surface area contributed by atoms with Crippen LogP contribution in [0, 0.1) is 6.92 Å². The van der Waals surface area contributed by atoms with Gasteiger partial charge in [-0.05, 0) is 19.1 Å². The van der Waals surface area contributed by atoms with Crippen molar-refractivity contribution in [3.05, 3.63) is 46.8 Å². The number of amides is 2. The molecule has 1 heterocycles. The molecule has 0 atom stereocenters. The molecule has 6 heteroatoms. The van der Waals surface area contributed by atoms with E-state index in [9.17, 15) is 4.79 Å². The van der Waals surface area contributed by atoms with Crippen LogP contribution in [0.4, 0.5) is 10.5 Å². The van der Waals surface area contributed by atoms with Crippen molar-refractivity contribution >= 4 is 23.3 Å².